The maximum absolute atomic E-state index is 4.48. The summed E-state index contributed by atoms with van der Waals surface area (Å²) in [5, 5.41) is 0. The molecule has 0 aliphatic carbocycles. The Morgan fingerprint density at radius 1 is 0.607 bits per heavy atom. The molecule has 0 radical (unpaired) electrons. The van der Waals surface area contributed by atoms with Crippen molar-refractivity contribution in [3.63, 3.8) is 0 Å². The highest BCUT2D eigenvalue weighted by atomic mass is 14.7. The van der Waals surface area contributed by atoms with Gasteiger partial charge in [0, 0.05) is 12.8 Å². The van der Waals surface area contributed by atoms with Crippen LogP contribution in [0.2, 0.25) is 0 Å². The van der Waals surface area contributed by atoms with E-state index in [9.17, 15) is 0 Å². The first-order chi connectivity index (χ1) is 13.9. The van der Waals surface area contributed by atoms with E-state index in [4.69, 9.17) is 0 Å². The van der Waals surface area contributed by atoms with Crippen molar-refractivity contribution >= 4 is 12.3 Å². The second-order valence-electron chi connectivity index (χ2n) is 8.13. The third-order valence-corrected chi connectivity index (χ3v) is 5.42. The van der Waals surface area contributed by atoms with Crippen LogP contribution in [0.5, 0.6) is 0 Å². The zero-order valence-corrected chi connectivity index (χ0v) is 18.6. The molecule has 158 valence electrons. The largest absolute Gasteiger partial charge is 0.293 e. The van der Waals surface area contributed by atoms with E-state index in [0.717, 1.165) is 6.54 Å². The molecule has 0 saturated heterocycles. The minimum Gasteiger partial charge on any atom is -0.293 e. The zero-order valence-electron chi connectivity index (χ0n) is 18.6. The summed E-state index contributed by atoms with van der Waals surface area (Å²) < 4.78 is 0. The molecule has 0 spiro atoms. The number of aliphatic imine (C=N–C) groups is 1. The molecule has 0 fully saturated rings. The molecule has 1 heteroatoms. The number of allylic oxidation sites excluding steroid dienone is 1. The minimum atomic E-state index is 0.970. The maximum Gasteiger partial charge on any atom is 0.0389 e. The van der Waals surface area contributed by atoms with Crippen LogP contribution < -0.4 is 0 Å². The molecule has 0 heterocycles. The summed E-state index contributed by atoms with van der Waals surface area (Å²) in [4.78, 5) is 4.48. The average Bonchev–Trinajstić information content (AvgIpc) is 2.73. The van der Waals surface area contributed by atoms with Gasteiger partial charge in [-0.3, -0.25) is 4.99 Å². The first-order valence-electron chi connectivity index (χ1n) is 12.1. The highest BCUT2D eigenvalue weighted by molar-refractivity contribution is 5.78. The van der Waals surface area contributed by atoms with E-state index < -0.39 is 0 Å². The van der Waals surface area contributed by atoms with Gasteiger partial charge in [0.1, 0.15) is 0 Å². The number of nitrogens with zero attached hydrogens (tertiary/aromatic N) is 1. The van der Waals surface area contributed by atoms with Crippen molar-refractivity contribution in [2.24, 2.45) is 4.99 Å². The summed E-state index contributed by atoms with van der Waals surface area (Å²) in [5.41, 5.74) is 1.23. The second-order valence-corrected chi connectivity index (χ2v) is 8.13. The Balaban J connectivity index is 1.75. The van der Waals surface area contributed by atoms with Crippen LogP contribution in [0.1, 0.15) is 115 Å². The van der Waals surface area contributed by atoms with Crippen LogP contribution in [0.4, 0.5) is 0 Å². The molecule has 0 N–H and O–H groups in total. The molecule has 1 rings (SSSR count). The number of hydrogen-bond donors (Lipinski definition) is 0. The average molecular weight is 384 g/mol. The fourth-order valence-corrected chi connectivity index (χ4v) is 3.60. The molecule has 0 aliphatic heterocycles. The Morgan fingerprint density at radius 2 is 1.07 bits per heavy atom. The molecule has 0 aromatic heterocycles. The second kappa shape index (κ2) is 20.4. The lowest BCUT2D eigenvalue weighted by atomic mass is 10.0. The van der Waals surface area contributed by atoms with Gasteiger partial charge in [-0.25, -0.2) is 0 Å². The third-order valence-electron chi connectivity index (χ3n) is 5.42. The Kier molecular flexibility index (Phi) is 17.9. The zero-order chi connectivity index (χ0) is 20.0. The molecule has 1 aromatic carbocycles. The van der Waals surface area contributed by atoms with E-state index in [1.165, 1.54) is 108 Å². The van der Waals surface area contributed by atoms with Crippen LogP contribution in [0.15, 0.2) is 41.4 Å². The number of unbranched alkanes of at least 4 members (excludes halogenated alkanes) is 15. The van der Waals surface area contributed by atoms with Crippen LogP contribution in [-0.4, -0.2) is 12.8 Å². The van der Waals surface area contributed by atoms with Gasteiger partial charge in [-0.2, -0.15) is 0 Å². The predicted molar refractivity (Wildman–Crippen MR) is 128 cm³/mol. The summed E-state index contributed by atoms with van der Waals surface area (Å²) in [6, 6.07) is 10.4. The van der Waals surface area contributed by atoms with Gasteiger partial charge >= 0.3 is 0 Å². The monoisotopic (exact) mass is 383 g/mol. The lowest BCUT2D eigenvalue weighted by molar-refractivity contribution is 0.530. The Morgan fingerprint density at radius 3 is 1.57 bits per heavy atom. The van der Waals surface area contributed by atoms with Gasteiger partial charge in [-0.05, 0) is 18.1 Å². The fourth-order valence-electron chi connectivity index (χ4n) is 3.60. The van der Waals surface area contributed by atoms with Gasteiger partial charge in [0.05, 0.1) is 0 Å². The lowest BCUT2D eigenvalue weighted by Gasteiger charge is -2.03. The molecule has 0 saturated carbocycles. The first-order valence-corrected chi connectivity index (χ1v) is 12.1. The number of hydrogen-bond acceptors (Lipinski definition) is 1. The number of benzene rings is 1. The molecule has 0 atom stereocenters. The van der Waals surface area contributed by atoms with Crippen molar-refractivity contribution in [1.29, 1.82) is 0 Å². The van der Waals surface area contributed by atoms with E-state index in [0.29, 0.717) is 0 Å². The van der Waals surface area contributed by atoms with Crippen LogP contribution in [0, 0.1) is 0 Å². The molecule has 1 aromatic rings. The predicted octanol–water partition coefficient (Wildman–Crippen LogP) is 9.03. The summed E-state index contributed by atoms with van der Waals surface area (Å²) in [7, 11) is 0. The van der Waals surface area contributed by atoms with Gasteiger partial charge in [0.2, 0.25) is 0 Å². The van der Waals surface area contributed by atoms with Crippen molar-refractivity contribution in [2.45, 2.75) is 110 Å². The van der Waals surface area contributed by atoms with Crippen LogP contribution >= 0.6 is 0 Å². The lowest BCUT2D eigenvalue weighted by Crippen LogP contribution is -1.85. The SMILES string of the molecule is CCCCCCCCCCCCCCCCCCN=C/C=C/c1ccccc1. The quantitative estimate of drug-likeness (QED) is 0.167. The summed E-state index contributed by atoms with van der Waals surface area (Å²) in [5.74, 6) is 0. The third kappa shape index (κ3) is 16.8. The molecule has 0 bridgehead atoms. The topological polar surface area (TPSA) is 12.4 Å². The first kappa shape index (κ1) is 24.7. The summed E-state index contributed by atoms with van der Waals surface area (Å²) >= 11 is 0. The normalized spacial score (nSPS) is 11.8. The number of rotatable bonds is 19. The van der Waals surface area contributed by atoms with Gasteiger partial charge < -0.3 is 0 Å². The summed E-state index contributed by atoms with van der Waals surface area (Å²) in [6.45, 7) is 3.26. The molecule has 28 heavy (non-hydrogen) atoms. The molecule has 0 unspecified atom stereocenters. The van der Waals surface area contributed by atoms with Crippen molar-refractivity contribution in [3.8, 4) is 0 Å². The van der Waals surface area contributed by atoms with Gasteiger partial charge in [0.25, 0.3) is 0 Å². The molecule has 0 aliphatic rings. The van der Waals surface area contributed by atoms with E-state index in [1.54, 1.807) is 0 Å². The highest BCUT2D eigenvalue weighted by Gasteiger charge is 1.94. The van der Waals surface area contributed by atoms with E-state index in [-0.39, 0.29) is 0 Å². The standard InChI is InChI=1S/C27H45N/c1-2-3-4-5-6-7-8-9-10-11-12-13-14-15-16-20-25-28-26-21-24-27-22-18-17-19-23-27/h17-19,21-24,26H,2-16,20,25H2,1H3/b24-21+,28-26?. The van der Waals surface area contributed by atoms with Crippen molar-refractivity contribution in [3.05, 3.63) is 42.0 Å². The van der Waals surface area contributed by atoms with Crippen molar-refractivity contribution < 1.29 is 0 Å². The van der Waals surface area contributed by atoms with Gasteiger partial charge in [0.15, 0.2) is 0 Å². The molecular formula is C27H45N. The minimum absolute atomic E-state index is 0.970. The maximum atomic E-state index is 4.48. The molecule has 1 nitrogen and oxygen atoms in total. The van der Waals surface area contributed by atoms with Crippen molar-refractivity contribution in [2.75, 3.05) is 6.54 Å². The van der Waals surface area contributed by atoms with Crippen molar-refractivity contribution in [1.82, 2.24) is 0 Å². The Hall–Kier alpha value is -1.37. The van der Waals surface area contributed by atoms with Crippen LogP contribution in [0.3, 0.4) is 0 Å². The van der Waals surface area contributed by atoms with Gasteiger partial charge in [-0.15, -0.1) is 0 Å². The van der Waals surface area contributed by atoms with Crippen LogP contribution in [-0.2, 0) is 0 Å². The smallest absolute Gasteiger partial charge is 0.0389 e. The Labute approximate surface area is 175 Å². The van der Waals surface area contributed by atoms with Gasteiger partial charge in [-0.1, -0.05) is 140 Å². The highest BCUT2D eigenvalue weighted by Crippen LogP contribution is 2.13. The fraction of sp³-hybridized carbons (Fsp3) is 0.667. The van der Waals surface area contributed by atoms with Crippen LogP contribution in [0.25, 0.3) is 6.08 Å². The summed E-state index contributed by atoms with van der Waals surface area (Å²) in [6.07, 6.45) is 28.8. The molecule has 0 amide bonds. The Bertz CT molecular complexity index is 474. The van der Waals surface area contributed by atoms with E-state index >= 15 is 0 Å². The molecular weight excluding hydrogens is 338 g/mol. The van der Waals surface area contributed by atoms with E-state index in [2.05, 4.69) is 42.3 Å². The van der Waals surface area contributed by atoms with E-state index in [1.807, 2.05) is 18.4 Å².